The highest BCUT2D eigenvalue weighted by Crippen LogP contribution is 2.34. The Hall–Kier alpha value is -3.57. The lowest BCUT2D eigenvalue weighted by Gasteiger charge is -2.24. The second-order valence-corrected chi connectivity index (χ2v) is 9.87. The van der Waals surface area contributed by atoms with Gasteiger partial charge in [0.25, 0.3) is 10.0 Å². The fraction of sp³-hybridized carbons (Fsp3) is 0.167. The van der Waals surface area contributed by atoms with E-state index in [0.717, 1.165) is 8.78 Å². The first-order valence-corrected chi connectivity index (χ1v) is 12.4. The highest BCUT2D eigenvalue weighted by atomic mass is 79.9. The summed E-state index contributed by atoms with van der Waals surface area (Å²) in [4.78, 5) is 25.5. The third-order valence-corrected chi connectivity index (χ3v) is 7.25. The van der Waals surface area contributed by atoms with Gasteiger partial charge in [-0.3, -0.25) is 9.10 Å². The number of esters is 1. The summed E-state index contributed by atoms with van der Waals surface area (Å²) < 4.78 is 43.9. The Balaban J connectivity index is 2.00. The molecule has 0 fully saturated rings. The van der Waals surface area contributed by atoms with Crippen LogP contribution in [-0.2, 0) is 19.6 Å². The zero-order valence-corrected chi connectivity index (χ0v) is 21.6. The van der Waals surface area contributed by atoms with Crippen LogP contribution >= 0.6 is 15.9 Å². The Kier molecular flexibility index (Phi) is 8.36. The maximum absolute atomic E-state index is 13.4. The molecule has 0 spiro atoms. The summed E-state index contributed by atoms with van der Waals surface area (Å²) in [6, 6.07) is 17.0. The standard InChI is InChI=1S/C24H23BrN2O7S/c1-32-21-13-19(24(29)34-3)20(14-22(21)33-2)26-23(28)15-27(17-11-9-16(25)10-12-17)35(30,31)18-7-5-4-6-8-18/h4-14H,15H2,1-3H3,(H,26,28). The van der Waals surface area contributed by atoms with Gasteiger partial charge in [0.15, 0.2) is 11.5 Å². The summed E-state index contributed by atoms with van der Waals surface area (Å²) in [6.07, 6.45) is 0. The molecular weight excluding hydrogens is 540 g/mol. The molecule has 0 aliphatic heterocycles. The van der Waals surface area contributed by atoms with Gasteiger partial charge in [-0.15, -0.1) is 0 Å². The van der Waals surface area contributed by atoms with Crippen molar-refractivity contribution in [3.05, 3.63) is 76.8 Å². The molecule has 0 unspecified atom stereocenters. The topological polar surface area (TPSA) is 111 Å². The molecule has 3 aromatic carbocycles. The lowest BCUT2D eigenvalue weighted by molar-refractivity contribution is -0.114. The Morgan fingerprint density at radius 3 is 2.09 bits per heavy atom. The molecule has 0 aliphatic rings. The molecule has 0 aromatic heterocycles. The van der Waals surface area contributed by atoms with Crippen LogP contribution in [0.4, 0.5) is 11.4 Å². The number of hydrogen-bond acceptors (Lipinski definition) is 7. The van der Waals surface area contributed by atoms with Crippen LogP contribution in [0.25, 0.3) is 0 Å². The summed E-state index contributed by atoms with van der Waals surface area (Å²) in [5, 5.41) is 2.60. The van der Waals surface area contributed by atoms with Crippen molar-refractivity contribution in [3.8, 4) is 11.5 Å². The van der Waals surface area contributed by atoms with Crippen LogP contribution in [0, 0.1) is 0 Å². The fourth-order valence-electron chi connectivity index (χ4n) is 3.22. The summed E-state index contributed by atoms with van der Waals surface area (Å²) in [7, 11) is -0.0771. The van der Waals surface area contributed by atoms with Gasteiger partial charge >= 0.3 is 5.97 Å². The minimum atomic E-state index is -4.09. The Bertz CT molecular complexity index is 1310. The molecule has 0 saturated heterocycles. The number of nitrogens with one attached hydrogen (secondary N) is 1. The first-order valence-electron chi connectivity index (χ1n) is 10.2. The Morgan fingerprint density at radius 2 is 1.51 bits per heavy atom. The van der Waals surface area contributed by atoms with Gasteiger partial charge < -0.3 is 19.5 Å². The average molecular weight is 563 g/mol. The van der Waals surface area contributed by atoms with Crippen molar-refractivity contribution in [2.24, 2.45) is 0 Å². The highest BCUT2D eigenvalue weighted by Gasteiger charge is 2.28. The van der Waals surface area contributed by atoms with Crippen LogP contribution in [0.1, 0.15) is 10.4 Å². The zero-order valence-electron chi connectivity index (χ0n) is 19.1. The van der Waals surface area contributed by atoms with Crippen molar-refractivity contribution in [1.29, 1.82) is 0 Å². The molecule has 35 heavy (non-hydrogen) atoms. The average Bonchev–Trinajstić information content (AvgIpc) is 2.87. The van der Waals surface area contributed by atoms with Gasteiger partial charge in [0.2, 0.25) is 5.91 Å². The van der Waals surface area contributed by atoms with Crippen LogP contribution in [0.5, 0.6) is 11.5 Å². The number of rotatable bonds is 9. The maximum Gasteiger partial charge on any atom is 0.340 e. The summed E-state index contributed by atoms with van der Waals surface area (Å²) >= 11 is 3.33. The smallest absolute Gasteiger partial charge is 0.340 e. The van der Waals surface area contributed by atoms with E-state index >= 15 is 0 Å². The number of sulfonamides is 1. The number of anilines is 2. The highest BCUT2D eigenvalue weighted by molar-refractivity contribution is 9.10. The molecule has 0 radical (unpaired) electrons. The van der Waals surface area contributed by atoms with Gasteiger partial charge in [-0.1, -0.05) is 34.1 Å². The minimum Gasteiger partial charge on any atom is -0.493 e. The van der Waals surface area contributed by atoms with Crippen molar-refractivity contribution < 1.29 is 32.2 Å². The molecule has 1 amide bonds. The van der Waals surface area contributed by atoms with E-state index in [1.807, 2.05) is 0 Å². The van der Waals surface area contributed by atoms with Crippen molar-refractivity contribution in [3.63, 3.8) is 0 Å². The largest absolute Gasteiger partial charge is 0.493 e. The van der Waals surface area contributed by atoms with Crippen molar-refractivity contribution in [2.75, 3.05) is 37.5 Å². The van der Waals surface area contributed by atoms with Gasteiger partial charge in [0.05, 0.1) is 43.2 Å². The number of benzene rings is 3. The van der Waals surface area contributed by atoms with E-state index in [9.17, 15) is 18.0 Å². The van der Waals surface area contributed by atoms with Gasteiger partial charge in [0, 0.05) is 16.6 Å². The van der Waals surface area contributed by atoms with E-state index in [1.165, 1.54) is 45.6 Å². The number of hydrogen-bond donors (Lipinski definition) is 1. The van der Waals surface area contributed by atoms with E-state index in [4.69, 9.17) is 14.2 Å². The molecule has 0 saturated carbocycles. The Labute approximate surface area is 211 Å². The molecule has 0 atom stereocenters. The summed E-state index contributed by atoms with van der Waals surface area (Å²) in [5.41, 5.74) is 0.375. The van der Waals surface area contributed by atoms with Gasteiger partial charge in [-0.05, 0) is 36.4 Å². The fourth-order valence-corrected chi connectivity index (χ4v) is 4.93. The molecule has 1 N–H and O–H groups in total. The molecule has 0 bridgehead atoms. The predicted molar refractivity (Wildman–Crippen MR) is 135 cm³/mol. The van der Waals surface area contributed by atoms with E-state index in [-0.39, 0.29) is 33.3 Å². The van der Waals surface area contributed by atoms with Crippen LogP contribution in [0.15, 0.2) is 76.1 Å². The predicted octanol–water partition coefficient (Wildman–Crippen LogP) is 4.09. The first kappa shape index (κ1) is 26.0. The van der Waals surface area contributed by atoms with Crippen LogP contribution in [-0.4, -0.2) is 48.2 Å². The zero-order chi connectivity index (χ0) is 25.6. The quantitative estimate of drug-likeness (QED) is 0.391. The second-order valence-electron chi connectivity index (χ2n) is 7.09. The van der Waals surface area contributed by atoms with Crippen molar-refractivity contribution in [2.45, 2.75) is 4.90 Å². The Morgan fingerprint density at radius 1 is 0.914 bits per heavy atom. The lowest BCUT2D eigenvalue weighted by atomic mass is 10.1. The van der Waals surface area contributed by atoms with E-state index < -0.39 is 28.4 Å². The number of ether oxygens (including phenoxy) is 3. The number of carbonyl (C=O) groups excluding carboxylic acids is 2. The number of nitrogens with zero attached hydrogens (tertiary/aromatic N) is 1. The monoisotopic (exact) mass is 562 g/mol. The van der Waals surface area contributed by atoms with E-state index in [1.54, 1.807) is 42.5 Å². The van der Waals surface area contributed by atoms with Crippen molar-refractivity contribution >= 4 is 49.2 Å². The van der Waals surface area contributed by atoms with Gasteiger partial charge in [0.1, 0.15) is 6.54 Å². The molecule has 3 rings (SSSR count). The molecule has 184 valence electrons. The number of methoxy groups -OCH3 is 3. The third kappa shape index (κ3) is 5.92. The minimum absolute atomic E-state index is 0.0135. The number of amides is 1. The van der Waals surface area contributed by atoms with E-state index in [0.29, 0.717) is 0 Å². The van der Waals surface area contributed by atoms with Crippen molar-refractivity contribution in [1.82, 2.24) is 0 Å². The molecular formula is C24H23BrN2O7S. The lowest BCUT2D eigenvalue weighted by Crippen LogP contribution is -2.38. The van der Waals surface area contributed by atoms with Crippen LogP contribution < -0.4 is 19.1 Å². The SMILES string of the molecule is COC(=O)c1cc(OC)c(OC)cc1NC(=O)CN(c1ccc(Br)cc1)S(=O)(=O)c1ccccc1. The van der Waals surface area contributed by atoms with E-state index in [2.05, 4.69) is 21.2 Å². The third-order valence-electron chi connectivity index (χ3n) is 4.94. The number of carbonyl (C=O) groups is 2. The summed E-state index contributed by atoms with van der Waals surface area (Å²) in [6.45, 7) is -0.562. The van der Waals surface area contributed by atoms with Gasteiger partial charge in [-0.25, -0.2) is 13.2 Å². The normalized spacial score (nSPS) is 10.9. The van der Waals surface area contributed by atoms with Gasteiger partial charge in [-0.2, -0.15) is 0 Å². The van der Waals surface area contributed by atoms with Crippen LogP contribution in [0.3, 0.4) is 0 Å². The molecule has 11 heteroatoms. The number of halogens is 1. The molecule has 0 heterocycles. The van der Waals surface area contributed by atoms with Crippen LogP contribution in [0.2, 0.25) is 0 Å². The second kappa shape index (κ2) is 11.2. The summed E-state index contributed by atoms with van der Waals surface area (Å²) in [5.74, 6) is -0.890. The first-order chi connectivity index (χ1) is 16.7. The molecule has 0 aliphatic carbocycles. The molecule has 3 aromatic rings. The maximum atomic E-state index is 13.4. The molecule has 9 nitrogen and oxygen atoms in total.